The Morgan fingerprint density at radius 3 is 1.88 bits per heavy atom. The first-order chi connectivity index (χ1) is 6.96. The van der Waals surface area contributed by atoms with Gasteiger partial charge in [0.1, 0.15) is 5.41 Å². The SMILES string of the molecule is CC(C)(C)c1cc(C(C)(C)C(F)(F)F)on1. The molecule has 0 radical (unpaired) electrons. The van der Waals surface area contributed by atoms with Crippen molar-refractivity contribution in [1.29, 1.82) is 0 Å². The predicted octanol–water partition coefficient (Wildman–Crippen LogP) is 3.81. The van der Waals surface area contributed by atoms with Crippen LogP contribution in [0.1, 0.15) is 46.1 Å². The molecule has 0 unspecified atom stereocenters. The zero-order chi connectivity index (χ0) is 12.8. The highest BCUT2D eigenvalue weighted by atomic mass is 19.4. The average Bonchev–Trinajstić information content (AvgIpc) is 2.47. The summed E-state index contributed by atoms with van der Waals surface area (Å²) in [5, 5.41) is 3.69. The number of hydrogen-bond donors (Lipinski definition) is 0. The van der Waals surface area contributed by atoms with Gasteiger partial charge >= 0.3 is 6.18 Å². The largest absolute Gasteiger partial charge is 0.401 e. The van der Waals surface area contributed by atoms with Gasteiger partial charge in [0.2, 0.25) is 0 Å². The molecule has 5 heteroatoms. The second kappa shape index (κ2) is 3.50. The first kappa shape index (κ1) is 13.1. The molecule has 16 heavy (non-hydrogen) atoms. The second-order valence-electron chi connectivity index (χ2n) is 5.45. The van der Waals surface area contributed by atoms with Crippen LogP contribution in [0.2, 0.25) is 0 Å². The van der Waals surface area contributed by atoms with E-state index >= 15 is 0 Å². The molecule has 0 bridgehead atoms. The summed E-state index contributed by atoms with van der Waals surface area (Å²) in [5.41, 5.74) is -1.80. The van der Waals surface area contributed by atoms with Gasteiger partial charge in [-0.25, -0.2) is 0 Å². The van der Waals surface area contributed by atoms with E-state index in [4.69, 9.17) is 4.52 Å². The van der Waals surface area contributed by atoms with Gasteiger partial charge in [0.15, 0.2) is 5.76 Å². The summed E-state index contributed by atoms with van der Waals surface area (Å²) < 4.78 is 43.0. The zero-order valence-corrected chi connectivity index (χ0v) is 10.1. The maximum atomic E-state index is 12.7. The lowest BCUT2D eigenvalue weighted by Gasteiger charge is -2.24. The lowest BCUT2D eigenvalue weighted by molar-refractivity contribution is -0.185. The summed E-state index contributed by atoms with van der Waals surface area (Å²) in [7, 11) is 0. The lowest BCUT2D eigenvalue weighted by atomic mass is 9.86. The van der Waals surface area contributed by atoms with Crippen molar-refractivity contribution < 1.29 is 17.7 Å². The van der Waals surface area contributed by atoms with E-state index in [1.165, 1.54) is 6.07 Å². The predicted molar refractivity (Wildman–Crippen MR) is 54.3 cm³/mol. The molecule has 0 atom stereocenters. The van der Waals surface area contributed by atoms with E-state index in [0.717, 1.165) is 13.8 Å². The van der Waals surface area contributed by atoms with Gasteiger partial charge in [0.25, 0.3) is 0 Å². The number of rotatable bonds is 1. The molecule has 0 saturated heterocycles. The van der Waals surface area contributed by atoms with E-state index in [0.29, 0.717) is 5.69 Å². The van der Waals surface area contributed by atoms with Crippen LogP contribution in [-0.2, 0) is 10.8 Å². The standard InChI is InChI=1S/C11H16F3NO/c1-9(2,3)7-6-8(16-15-7)10(4,5)11(12,13)14/h6H,1-5H3. The van der Waals surface area contributed by atoms with E-state index in [1.807, 2.05) is 20.8 Å². The monoisotopic (exact) mass is 235 g/mol. The molecule has 0 aromatic carbocycles. The summed E-state index contributed by atoms with van der Waals surface area (Å²) in [6.07, 6.45) is -4.35. The van der Waals surface area contributed by atoms with Crippen molar-refractivity contribution in [3.05, 3.63) is 17.5 Å². The van der Waals surface area contributed by atoms with Crippen molar-refractivity contribution in [1.82, 2.24) is 5.16 Å². The first-order valence-electron chi connectivity index (χ1n) is 5.00. The molecule has 92 valence electrons. The molecule has 0 amide bonds. The molecular formula is C11H16F3NO. The molecular weight excluding hydrogens is 219 g/mol. The third kappa shape index (κ3) is 2.23. The van der Waals surface area contributed by atoms with Crippen LogP contribution in [0.5, 0.6) is 0 Å². The minimum absolute atomic E-state index is 0.148. The first-order valence-corrected chi connectivity index (χ1v) is 5.00. The Morgan fingerprint density at radius 1 is 1.06 bits per heavy atom. The summed E-state index contributed by atoms with van der Waals surface area (Å²) in [6.45, 7) is 7.78. The number of aromatic nitrogens is 1. The minimum atomic E-state index is -4.35. The quantitative estimate of drug-likeness (QED) is 0.739. The second-order valence-corrected chi connectivity index (χ2v) is 5.45. The van der Waals surface area contributed by atoms with Crippen LogP contribution >= 0.6 is 0 Å². The van der Waals surface area contributed by atoms with E-state index in [9.17, 15) is 13.2 Å². The van der Waals surface area contributed by atoms with Gasteiger partial charge in [-0.3, -0.25) is 0 Å². The summed E-state index contributed by atoms with van der Waals surface area (Å²) in [5.74, 6) is -0.148. The van der Waals surface area contributed by atoms with Crippen LogP contribution in [0.4, 0.5) is 13.2 Å². The fraction of sp³-hybridized carbons (Fsp3) is 0.727. The molecule has 0 fully saturated rings. The van der Waals surface area contributed by atoms with Gasteiger partial charge in [-0.15, -0.1) is 0 Å². The van der Waals surface area contributed by atoms with Gasteiger partial charge in [0, 0.05) is 11.5 Å². The number of halogens is 3. The lowest BCUT2D eigenvalue weighted by Crippen LogP contribution is -2.36. The third-order valence-electron chi connectivity index (χ3n) is 2.60. The fourth-order valence-electron chi connectivity index (χ4n) is 1.06. The summed E-state index contributed by atoms with van der Waals surface area (Å²) in [6, 6.07) is 1.38. The number of nitrogens with zero attached hydrogens (tertiary/aromatic N) is 1. The molecule has 1 heterocycles. The van der Waals surface area contributed by atoms with Crippen LogP contribution in [0.25, 0.3) is 0 Å². The maximum Gasteiger partial charge on any atom is 0.401 e. The Bertz CT molecular complexity index is 371. The topological polar surface area (TPSA) is 26.0 Å². The Morgan fingerprint density at radius 2 is 1.56 bits per heavy atom. The summed E-state index contributed by atoms with van der Waals surface area (Å²) >= 11 is 0. The van der Waals surface area contributed by atoms with Crippen LogP contribution in [-0.4, -0.2) is 11.3 Å². The van der Waals surface area contributed by atoms with Crippen molar-refractivity contribution in [3.63, 3.8) is 0 Å². The Balaban J connectivity index is 3.13. The average molecular weight is 235 g/mol. The van der Waals surface area contributed by atoms with E-state index in [1.54, 1.807) is 0 Å². The molecule has 1 rings (SSSR count). The Hall–Kier alpha value is -1.00. The van der Waals surface area contributed by atoms with Crippen molar-refractivity contribution in [2.45, 2.75) is 51.6 Å². The fourth-order valence-corrected chi connectivity index (χ4v) is 1.06. The number of alkyl halides is 3. The molecule has 0 aliphatic heterocycles. The van der Waals surface area contributed by atoms with Crippen molar-refractivity contribution >= 4 is 0 Å². The van der Waals surface area contributed by atoms with Crippen LogP contribution in [0, 0.1) is 0 Å². The molecule has 0 saturated carbocycles. The summed E-state index contributed by atoms with van der Waals surface area (Å²) in [4.78, 5) is 0. The van der Waals surface area contributed by atoms with E-state index in [2.05, 4.69) is 5.16 Å². The Kier molecular flexibility index (Phi) is 2.86. The highest BCUT2D eigenvalue weighted by Crippen LogP contribution is 2.41. The normalized spacial score (nSPS) is 14.2. The highest BCUT2D eigenvalue weighted by molar-refractivity contribution is 5.20. The molecule has 0 N–H and O–H groups in total. The van der Waals surface area contributed by atoms with Gasteiger partial charge in [-0.05, 0) is 13.8 Å². The zero-order valence-electron chi connectivity index (χ0n) is 10.1. The van der Waals surface area contributed by atoms with Crippen molar-refractivity contribution in [2.24, 2.45) is 0 Å². The molecule has 0 spiro atoms. The molecule has 2 nitrogen and oxygen atoms in total. The molecule has 0 aliphatic rings. The molecule has 1 aromatic rings. The van der Waals surface area contributed by atoms with Crippen LogP contribution < -0.4 is 0 Å². The third-order valence-corrected chi connectivity index (χ3v) is 2.60. The maximum absolute atomic E-state index is 12.7. The highest BCUT2D eigenvalue weighted by Gasteiger charge is 2.51. The van der Waals surface area contributed by atoms with Crippen molar-refractivity contribution in [3.8, 4) is 0 Å². The van der Waals surface area contributed by atoms with Crippen LogP contribution in [0.15, 0.2) is 10.6 Å². The van der Waals surface area contributed by atoms with E-state index in [-0.39, 0.29) is 11.2 Å². The van der Waals surface area contributed by atoms with Gasteiger partial charge in [-0.2, -0.15) is 13.2 Å². The molecule has 1 aromatic heterocycles. The smallest absolute Gasteiger partial charge is 0.360 e. The van der Waals surface area contributed by atoms with Gasteiger partial charge < -0.3 is 4.52 Å². The Labute approximate surface area is 92.8 Å². The minimum Gasteiger partial charge on any atom is -0.360 e. The van der Waals surface area contributed by atoms with Crippen molar-refractivity contribution in [2.75, 3.05) is 0 Å². The molecule has 0 aliphatic carbocycles. The van der Waals surface area contributed by atoms with Gasteiger partial charge in [-0.1, -0.05) is 25.9 Å². The number of hydrogen-bond acceptors (Lipinski definition) is 2. The van der Waals surface area contributed by atoms with Gasteiger partial charge in [0.05, 0.1) is 5.69 Å². The van der Waals surface area contributed by atoms with Crippen LogP contribution in [0.3, 0.4) is 0 Å². The van der Waals surface area contributed by atoms with E-state index < -0.39 is 11.6 Å².